The molecule has 3 aliphatic rings. The molecule has 0 aromatic heterocycles. The SMILES string of the molecule is CN1C2CCC1CN(c1ccccc1C1CCCN1)C2. The van der Waals surface area contributed by atoms with Crippen molar-refractivity contribution in [3.63, 3.8) is 0 Å². The van der Waals surface area contributed by atoms with Crippen LogP contribution in [0.25, 0.3) is 0 Å². The van der Waals surface area contributed by atoms with Gasteiger partial charge in [-0.05, 0) is 50.9 Å². The lowest BCUT2D eigenvalue weighted by molar-refractivity contribution is 0.212. The van der Waals surface area contributed by atoms with Crippen LogP contribution in [0.3, 0.4) is 0 Å². The van der Waals surface area contributed by atoms with Crippen LogP contribution in [0.2, 0.25) is 0 Å². The van der Waals surface area contributed by atoms with Crippen molar-refractivity contribution in [3.05, 3.63) is 29.8 Å². The molecule has 1 N–H and O–H groups in total. The molecular formula is C17H25N3. The first-order chi connectivity index (χ1) is 9.83. The standard InChI is InChI=1S/C17H25N3/c1-19-13-8-9-14(19)12-20(11-13)17-7-3-2-5-15(17)16-6-4-10-18-16/h2-3,5,7,13-14,16,18H,4,6,8-12H2,1H3. The Kier molecular flexibility index (Phi) is 3.20. The van der Waals surface area contributed by atoms with Gasteiger partial charge in [0.25, 0.3) is 0 Å². The highest BCUT2D eigenvalue weighted by atomic mass is 15.3. The van der Waals surface area contributed by atoms with Crippen molar-refractivity contribution in [2.45, 2.75) is 43.8 Å². The van der Waals surface area contributed by atoms with Crippen molar-refractivity contribution < 1.29 is 0 Å². The number of anilines is 1. The number of fused-ring (bicyclic) bond motifs is 2. The Bertz CT molecular complexity index is 467. The number of para-hydroxylation sites is 1. The summed E-state index contributed by atoms with van der Waals surface area (Å²) in [6.45, 7) is 3.58. The second-order valence-corrected chi connectivity index (χ2v) is 6.66. The van der Waals surface area contributed by atoms with Gasteiger partial charge < -0.3 is 10.2 Å². The van der Waals surface area contributed by atoms with Crippen LogP contribution in [0, 0.1) is 0 Å². The Morgan fingerprint density at radius 2 is 1.80 bits per heavy atom. The van der Waals surface area contributed by atoms with Crippen molar-refractivity contribution in [1.29, 1.82) is 0 Å². The number of benzene rings is 1. The van der Waals surface area contributed by atoms with Gasteiger partial charge in [-0.15, -0.1) is 0 Å². The topological polar surface area (TPSA) is 18.5 Å². The first-order valence-corrected chi connectivity index (χ1v) is 8.12. The molecule has 3 unspecified atom stereocenters. The van der Waals surface area contributed by atoms with Gasteiger partial charge in [-0.3, -0.25) is 4.90 Å². The molecule has 4 rings (SSSR count). The summed E-state index contributed by atoms with van der Waals surface area (Å²) in [4.78, 5) is 5.25. The van der Waals surface area contributed by atoms with Crippen LogP contribution in [0.4, 0.5) is 5.69 Å². The Morgan fingerprint density at radius 3 is 2.50 bits per heavy atom. The van der Waals surface area contributed by atoms with Gasteiger partial charge in [-0.25, -0.2) is 0 Å². The van der Waals surface area contributed by atoms with Crippen LogP contribution in [-0.4, -0.2) is 43.7 Å². The average molecular weight is 271 g/mol. The van der Waals surface area contributed by atoms with Crippen LogP contribution in [0.5, 0.6) is 0 Å². The minimum absolute atomic E-state index is 0.573. The molecule has 3 heterocycles. The largest absolute Gasteiger partial charge is 0.368 e. The molecule has 108 valence electrons. The van der Waals surface area contributed by atoms with Crippen molar-refractivity contribution in [2.75, 3.05) is 31.6 Å². The van der Waals surface area contributed by atoms with Gasteiger partial charge in [0.05, 0.1) is 0 Å². The van der Waals surface area contributed by atoms with E-state index in [0.29, 0.717) is 6.04 Å². The Labute approximate surface area is 121 Å². The summed E-state index contributed by atoms with van der Waals surface area (Å²) in [7, 11) is 2.31. The zero-order valence-electron chi connectivity index (χ0n) is 12.4. The van der Waals surface area contributed by atoms with E-state index >= 15 is 0 Å². The maximum atomic E-state index is 3.66. The zero-order chi connectivity index (χ0) is 13.5. The van der Waals surface area contributed by atoms with E-state index in [-0.39, 0.29) is 0 Å². The first kappa shape index (κ1) is 12.7. The van der Waals surface area contributed by atoms with Crippen molar-refractivity contribution in [2.24, 2.45) is 0 Å². The number of nitrogens with one attached hydrogen (secondary N) is 1. The molecule has 1 aromatic carbocycles. The smallest absolute Gasteiger partial charge is 0.0415 e. The molecule has 0 amide bonds. The highest BCUT2D eigenvalue weighted by molar-refractivity contribution is 5.56. The van der Waals surface area contributed by atoms with E-state index in [1.165, 1.54) is 56.6 Å². The summed E-state index contributed by atoms with van der Waals surface area (Å²) in [5.41, 5.74) is 3.01. The van der Waals surface area contributed by atoms with Gasteiger partial charge in [0.15, 0.2) is 0 Å². The lowest BCUT2D eigenvalue weighted by Crippen LogP contribution is -2.52. The number of nitrogens with zero attached hydrogens (tertiary/aromatic N) is 2. The number of likely N-dealkylation sites (N-methyl/N-ethyl adjacent to an activating group) is 1. The predicted octanol–water partition coefficient (Wildman–Crippen LogP) is 2.39. The average Bonchev–Trinajstić information content (AvgIpc) is 3.06. The molecule has 3 heteroatoms. The van der Waals surface area contributed by atoms with Crippen LogP contribution in [0.15, 0.2) is 24.3 Å². The monoisotopic (exact) mass is 271 g/mol. The molecule has 3 atom stereocenters. The minimum atomic E-state index is 0.573. The Balaban J connectivity index is 1.62. The summed E-state index contributed by atoms with van der Waals surface area (Å²) in [5.74, 6) is 0. The lowest BCUT2D eigenvalue weighted by atomic mass is 10.0. The molecule has 0 radical (unpaired) electrons. The summed E-state index contributed by atoms with van der Waals surface area (Å²) in [6, 6.07) is 11.2. The van der Waals surface area contributed by atoms with Gasteiger partial charge in [-0.1, -0.05) is 18.2 Å². The van der Waals surface area contributed by atoms with Gasteiger partial charge >= 0.3 is 0 Å². The fourth-order valence-corrected chi connectivity index (χ4v) is 4.33. The quantitative estimate of drug-likeness (QED) is 0.891. The maximum absolute atomic E-state index is 3.66. The molecule has 1 aromatic rings. The van der Waals surface area contributed by atoms with Crippen LogP contribution >= 0.6 is 0 Å². The zero-order valence-corrected chi connectivity index (χ0v) is 12.4. The van der Waals surface area contributed by atoms with Crippen molar-refractivity contribution >= 4 is 5.69 Å². The molecule has 2 bridgehead atoms. The second-order valence-electron chi connectivity index (χ2n) is 6.66. The van der Waals surface area contributed by atoms with Gasteiger partial charge in [0.2, 0.25) is 0 Å². The first-order valence-electron chi connectivity index (χ1n) is 8.12. The van der Waals surface area contributed by atoms with E-state index in [1.807, 2.05) is 0 Å². The fraction of sp³-hybridized carbons (Fsp3) is 0.647. The summed E-state index contributed by atoms with van der Waals surface area (Å²) in [6.07, 6.45) is 5.35. The summed E-state index contributed by atoms with van der Waals surface area (Å²) in [5, 5.41) is 3.66. The van der Waals surface area contributed by atoms with E-state index in [1.54, 1.807) is 0 Å². The molecule has 3 nitrogen and oxygen atoms in total. The lowest BCUT2D eigenvalue weighted by Gasteiger charge is -2.41. The molecule has 3 aliphatic heterocycles. The van der Waals surface area contributed by atoms with E-state index < -0.39 is 0 Å². The molecule has 0 aliphatic carbocycles. The maximum Gasteiger partial charge on any atom is 0.0415 e. The van der Waals surface area contributed by atoms with E-state index in [0.717, 1.165) is 12.1 Å². The number of piperazine rings is 1. The summed E-state index contributed by atoms with van der Waals surface area (Å²) < 4.78 is 0. The van der Waals surface area contributed by atoms with Crippen LogP contribution in [0.1, 0.15) is 37.3 Å². The van der Waals surface area contributed by atoms with Crippen molar-refractivity contribution in [3.8, 4) is 0 Å². The third-order valence-electron chi connectivity index (χ3n) is 5.56. The normalized spacial score (nSPS) is 33.9. The van der Waals surface area contributed by atoms with Crippen LogP contribution < -0.4 is 10.2 Å². The van der Waals surface area contributed by atoms with E-state index in [4.69, 9.17) is 0 Å². The molecule has 3 saturated heterocycles. The third-order valence-corrected chi connectivity index (χ3v) is 5.56. The number of hydrogen-bond donors (Lipinski definition) is 1. The number of rotatable bonds is 2. The molecule has 20 heavy (non-hydrogen) atoms. The van der Waals surface area contributed by atoms with Crippen molar-refractivity contribution in [1.82, 2.24) is 10.2 Å². The Hall–Kier alpha value is -1.06. The van der Waals surface area contributed by atoms with Crippen LogP contribution in [-0.2, 0) is 0 Å². The fourth-order valence-electron chi connectivity index (χ4n) is 4.33. The second kappa shape index (κ2) is 5.05. The highest BCUT2D eigenvalue weighted by Crippen LogP contribution is 2.36. The predicted molar refractivity (Wildman–Crippen MR) is 83.2 cm³/mol. The van der Waals surface area contributed by atoms with Gasteiger partial charge in [0.1, 0.15) is 0 Å². The highest BCUT2D eigenvalue weighted by Gasteiger charge is 2.38. The molecule has 3 fully saturated rings. The van der Waals surface area contributed by atoms with E-state index in [9.17, 15) is 0 Å². The minimum Gasteiger partial charge on any atom is -0.368 e. The molecular weight excluding hydrogens is 246 g/mol. The molecule has 0 spiro atoms. The Morgan fingerprint density at radius 1 is 1.05 bits per heavy atom. The molecule has 0 saturated carbocycles. The number of hydrogen-bond acceptors (Lipinski definition) is 3. The summed E-state index contributed by atoms with van der Waals surface area (Å²) >= 11 is 0. The van der Waals surface area contributed by atoms with Gasteiger partial charge in [-0.2, -0.15) is 0 Å². The van der Waals surface area contributed by atoms with Gasteiger partial charge in [0, 0.05) is 36.9 Å². The van der Waals surface area contributed by atoms with E-state index in [2.05, 4.69) is 46.4 Å². The third kappa shape index (κ3) is 2.04.